The number of anilines is 1. The van der Waals surface area contributed by atoms with Crippen LogP contribution in [0.2, 0.25) is 0 Å². The van der Waals surface area contributed by atoms with Gasteiger partial charge in [-0.15, -0.1) is 0 Å². The summed E-state index contributed by atoms with van der Waals surface area (Å²) in [7, 11) is 0. The number of hydrogen-bond acceptors (Lipinski definition) is 5. The van der Waals surface area contributed by atoms with Crippen molar-refractivity contribution in [1.29, 1.82) is 0 Å². The van der Waals surface area contributed by atoms with Gasteiger partial charge in [-0.3, -0.25) is 0 Å². The van der Waals surface area contributed by atoms with Crippen molar-refractivity contribution in [3.63, 3.8) is 0 Å². The molecule has 5 heteroatoms. The fourth-order valence-electron chi connectivity index (χ4n) is 3.93. The van der Waals surface area contributed by atoms with E-state index in [1.807, 2.05) is 6.07 Å². The van der Waals surface area contributed by atoms with Crippen molar-refractivity contribution in [1.82, 2.24) is 15.3 Å². The molecular weight excluding hydrogens is 324 g/mol. The lowest BCUT2D eigenvalue weighted by atomic mass is 9.96. The van der Waals surface area contributed by atoms with Gasteiger partial charge in [0.15, 0.2) is 0 Å². The summed E-state index contributed by atoms with van der Waals surface area (Å²) >= 11 is 0. The Labute approximate surface area is 155 Å². The molecule has 2 aliphatic rings. The van der Waals surface area contributed by atoms with Gasteiger partial charge in [-0.05, 0) is 37.9 Å². The number of nitrogens with one attached hydrogen (secondary N) is 1. The zero-order valence-electron chi connectivity index (χ0n) is 15.5. The second-order valence-corrected chi connectivity index (χ2v) is 7.41. The minimum Gasteiger partial charge on any atom is -0.490 e. The van der Waals surface area contributed by atoms with Crippen LogP contribution in [0.5, 0.6) is 5.75 Å². The number of hydrogen-bond donors (Lipinski definition) is 1. The van der Waals surface area contributed by atoms with E-state index in [2.05, 4.69) is 51.4 Å². The number of aryl methyl sites for hydroxylation is 1. The lowest BCUT2D eigenvalue weighted by Gasteiger charge is -2.33. The highest BCUT2D eigenvalue weighted by Crippen LogP contribution is 2.27. The van der Waals surface area contributed by atoms with Gasteiger partial charge in [0, 0.05) is 44.5 Å². The molecule has 2 saturated heterocycles. The molecule has 0 saturated carbocycles. The molecule has 2 fully saturated rings. The molecule has 2 aliphatic heterocycles. The van der Waals surface area contributed by atoms with Crippen LogP contribution in [-0.4, -0.2) is 42.3 Å². The normalized spacial score (nSPS) is 21.6. The maximum absolute atomic E-state index is 6.22. The Balaban J connectivity index is 1.36. The van der Waals surface area contributed by atoms with E-state index in [0.29, 0.717) is 5.92 Å². The minimum absolute atomic E-state index is 0.288. The molecule has 0 radical (unpaired) electrons. The molecule has 138 valence electrons. The monoisotopic (exact) mass is 352 g/mol. The summed E-state index contributed by atoms with van der Waals surface area (Å²) < 4.78 is 6.22. The van der Waals surface area contributed by atoms with E-state index in [0.717, 1.165) is 50.6 Å². The highest BCUT2D eigenvalue weighted by Gasteiger charge is 2.23. The predicted octanol–water partition coefficient (Wildman–Crippen LogP) is 3.30. The number of benzene rings is 1. The van der Waals surface area contributed by atoms with Gasteiger partial charge in [0.1, 0.15) is 24.0 Å². The first kappa shape index (κ1) is 17.3. The van der Waals surface area contributed by atoms with Crippen molar-refractivity contribution in [2.24, 2.45) is 0 Å². The molecule has 1 aromatic carbocycles. The van der Waals surface area contributed by atoms with Crippen LogP contribution in [0.15, 0.2) is 36.7 Å². The summed E-state index contributed by atoms with van der Waals surface area (Å²) in [5.74, 6) is 2.60. The quantitative estimate of drug-likeness (QED) is 0.915. The van der Waals surface area contributed by atoms with Crippen LogP contribution in [0, 0.1) is 6.92 Å². The average Bonchev–Trinajstić information content (AvgIpc) is 2.71. The van der Waals surface area contributed by atoms with E-state index in [9.17, 15) is 0 Å². The Morgan fingerprint density at radius 2 is 1.96 bits per heavy atom. The summed E-state index contributed by atoms with van der Waals surface area (Å²) in [5.41, 5.74) is 2.39. The highest BCUT2D eigenvalue weighted by molar-refractivity contribution is 5.40. The molecule has 5 nitrogen and oxygen atoms in total. The maximum Gasteiger partial charge on any atom is 0.132 e. The third-order valence-corrected chi connectivity index (χ3v) is 5.54. The Bertz CT molecular complexity index is 721. The molecule has 3 heterocycles. The van der Waals surface area contributed by atoms with Crippen molar-refractivity contribution in [3.05, 3.63) is 47.9 Å². The van der Waals surface area contributed by atoms with Crippen LogP contribution in [0.25, 0.3) is 0 Å². The summed E-state index contributed by atoms with van der Waals surface area (Å²) in [6.45, 7) is 6.23. The standard InChI is InChI=1S/C21H28N4O/c1-16-5-2-3-7-20(16)26-18-8-11-25(12-9-18)21-13-19(23-15-24-21)17-6-4-10-22-14-17/h2-3,5,7,13,15,17-18,22H,4,6,8-12,14H2,1H3/t17-/m0/s1. The molecule has 26 heavy (non-hydrogen) atoms. The van der Waals surface area contributed by atoms with Gasteiger partial charge in [0.25, 0.3) is 0 Å². The number of nitrogens with zero attached hydrogens (tertiary/aromatic N) is 3. The van der Waals surface area contributed by atoms with Crippen molar-refractivity contribution in [2.45, 2.75) is 44.6 Å². The molecule has 0 unspecified atom stereocenters. The summed E-state index contributed by atoms with van der Waals surface area (Å²) in [6.07, 6.45) is 6.52. The van der Waals surface area contributed by atoms with E-state index in [-0.39, 0.29) is 6.10 Å². The lowest BCUT2D eigenvalue weighted by Crippen LogP contribution is -2.39. The molecule has 0 aliphatic carbocycles. The first-order chi connectivity index (χ1) is 12.8. The SMILES string of the molecule is Cc1ccccc1OC1CCN(c2cc([C@H]3CCCNC3)ncn2)CC1. The van der Waals surface area contributed by atoms with Gasteiger partial charge in [-0.25, -0.2) is 9.97 Å². The second-order valence-electron chi connectivity index (χ2n) is 7.41. The number of rotatable bonds is 4. The van der Waals surface area contributed by atoms with Crippen LogP contribution < -0.4 is 15.0 Å². The van der Waals surface area contributed by atoms with Crippen molar-refractivity contribution >= 4 is 5.82 Å². The third-order valence-electron chi connectivity index (χ3n) is 5.54. The number of piperidine rings is 2. The molecule has 0 amide bonds. The summed E-state index contributed by atoms with van der Waals surface area (Å²) in [6, 6.07) is 10.5. The van der Waals surface area contributed by atoms with E-state index in [1.54, 1.807) is 6.33 Å². The Hall–Kier alpha value is -2.14. The van der Waals surface area contributed by atoms with E-state index in [4.69, 9.17) is 4.74 Å². The van der Waals surface area contributed by atoms with Crippen LogP contribution in [-0.2, 0) is 0 Å². The minimum atomic E-state index is 0.288. The lowest BCUT2D eigenvalue weighted by molar-refractivity contribution is 0.169. The van der Waals surface area contributed by atoms with Gasteiger partial charge in [-0.2, -0.15) is 0 Å². The first-order valence-electron chi connectivity index (χ1n) is 9.79. The predicted molar refractivity (Wildman–Crippen MR) is 104 cm³/mol. The van der Waals surface area contributed by atoms with Crippen LogP contribution in [0.1, 0.15) is 42.9 Å². The molecule has 1 N–H and O–H groups in total. The zero-order chi connectivity index (χ0) is 17.8. The smallest absolute Gasteiger partial charge is 0.132 e. The molecule has 2 aromatic rings. The van der Waals surface area contributed by atoms with Gasteiger partial charge >= 0.3 is 0 Å². The Kier molecular flexibility index (Phi) is 5.34. The van der Waals surface area contributed by atoms with E-state index < -0.39 is 0 Å². The fraction of sp³-hybridized carbons (Fsp3) is 0.524. The second kappa shape index (κ2) is 8.04. The molecule has 0 spiro atoms. The highest BCUT2D eigenvalue weighted by atomic mass is 16.5. The summed E-state index contributed by atoms with van der Waals surface area (Å²) in [5, 5.41) is 3.48. The van der Waals surface area contributed by atoms with Crippen molar-refractivity contribution in [2.75, 3.05) is 31.1 Å². The Morgan fingerprint density at radius 1 is 1.12 bits per heavy atom. The fourth-order valence-corrected chi connectivity index (χ4v) is 3.93. The van der Waals surface area contributed by atoms with Gasteiger partial charge in [-0.1, -0.05) is 18.2 Å². The number of aromatic nitrogens is 2. The molecular formula is C21H28N4O. The van der Waals surface area contributed by atoms with E-state index in [1.165, 1.54) is 24.1 Å². The average molecular weight is 352 g/mol. The molecule has 1 aromatic heterocycles. The molecule has 0 bridgehead atoms. The molecule has 4 rings (SSSR count). The largest absolute Gasteiger partial charge is 0.490 e. The van der Waals surface area contributed by atoms with Gasteiger partial charge in [0.2, 0.25) is 0 Å². The zero-order valence-corrected chi connectivity index (χ0v) is 15.5. The van der Waals surface area contributed by atoms with Crippen molar-refractivity contribution < 1.29 is 4.74 Å². The van der Waals surface area contributed by atoms with Crippen LogP contribution in [0.4, 0.5) is 5.82 Å². The first-order valence-corrected chi connectivity index (χ1v) is 9.79. The maximum atomic E-state index is 6.22. The number of ether oxygens (including phenoxy) is 1. The van der Waals surface area contributed by atoms with Gasteiger partial charge in [0.05, 0.1) is 5.69 Å². The summed E-state index contributed by atoms with van der Waals surface area (Å²) in [4.78, 5) is 11.4. The number of para-hydroxylation sites is 1. The van der Waals surface area contributed by atoms with Gasteiger partial charge < -0.3 is 15.0 Å². The third kappa shape index (κ3) is 3.98. The van der Waals surface area contributed by atoms with Crippen LogP contribution in [0.3, 0.4) is 0 Å². The topological polar surface area (TPSA) is 50.3 Å². The van der Waals surface area contributed by atoms with Crippen molar-refractivity contribution in [3.8, 4) is 5.75 Å². The Morgan fingerprint density at radius 3 is 2.73 bits per heavy atom. The van der Waals surface area contributed by atoms with Crippen LogP contribution >= 0.6 is 0 Å². The molecule has 1 atom stereocenters. The van der Waals surface area contributed by atoms with E-state index >= 15 is 0 Å².